The minimum atomic E-state index is -3.08. The Labute approximate surface area is 192 Å². The van der Waals surface area contributed by atoms with Gasteiger partial charge in [0.25, 0.3) is 5.92 Å². The number of likely N-dealkylation sites (tertiary alicyclic amines) is 2. The summed E-state index contributed by atoms with van der Waals surface area (Å²) in [6, 6.07) is 6.76. The van der Waals surface area contributed by atoms with Crippen LogP contribution in [0.1, 0.15) is 37.7 Å². The average molecular weight is 467 g/mol. The van der Waals surface area contributed by atoms with Crippen LogP contribution in [-0.2, 0) is 14.3 Å². The van der Waals surface area contributed by atoms with Gasteiger partial charge in [0.1, 0.15) is 0 Å². The second-order valence-electron chi connectivity index (χ2n) is 9.38. The molecule has 3 saturated heterocycles. The normalized spacial score (nSPS) is 25.8. The number of piperidine rings is 1. The lowest BCUT2D eigenvalue weighted by Gasteiger charge is -2.59. The lowest BCUT2D eigenvalue weighted by atomic mass is 9.66. The summed E-state index contributed by atoms with van der Waals surface area (Å²) in [7, 11) is 0. The zero-order valence-electron chi connectivity index (χ0n) is 18.2. The minimum Gasteiger partial charge on any atom is -0.381 e. The van der Waals surface area contributed by atoms with Crippen LogP contribution in [0, 0.1) is 11.3 Å². The zero-order valence-corrected chi connectivity index (χ0v) is 19.0. The van der Waals surface area contributed by atoms with Gasteiger partial charge in [0.05, 0.1) is 17.9 Å². The molecule has 0 bridgehead atoms. The average Bonchev–Trinajstić information content (AvgIpc) is 2.75. The summed E-state index contributed by atoms with van der Waals surface area (Å²) in [4.78, 5) is 28.3. The Morgan fingerprint density at radius 2 is 1.81 bits per heavy atom. The van der Waals surface area contributed by atoms with E-state index in [9.17, 15) is 9.59 Å². The van der Waals surface area contributed by atoms with Crippen LogP contribution in [0.4, 0.5) is 8.78 Å². The van der Waals surface area contributed by atoms with Crippen LogP contribution < -0.4 is 0 Å². The molecule has 3 fully saturated rings. The first-order valence-corrected chi connectivity index (χ1v) is 11.5. The van der Waals surface area contributed by atoms with Crippen molar-refractivity contribution in [2.45, 2.75) is 44.1 Å². The minimum absolute atomic E-state index is 0.00218. The van der Waals surface area contributed by atoms with Gasteiger partial charge in [-0.3, -0.25) is 9.59 Å². The molecule has 0 aliphatic carbocycles. The van der Waals surface area contributed by atoms with Crippen LogP contribution in [0.3, 0.4) is 0 Å². The molecule has 5 nitrogen and oxygen atoms in total. The summed E-state index contributed by atoms with van der Waals surface area (Å²) < 4.78 is 36.3. The lowest BCUT2D eigenvalue weighted by molar-refractivity contribution is -0.231. The number of nitrogens with zero attached hydrogens (tertiary/aromatic N) is 2. The van der Waals surface area contributed by atoms with Crippen molar-refractivity contribution in [3.8, 4) is 0 Å². The van der Waals surface area contributed by atoms with E-state index in [2.05, 4.69) is 6.58 Å². The third-order valence-electron chi connectivity index (χ3n) is 7.35. The fourth-order valence-electron chi connectivity index (χ4n) is 5.50. The predicted octanol–water partition coefficient (Wildman–Crippen LogP) is 4.12. The summed E-state index contributed by atoms with van der Waals surface area (Å²) in [5, 5.41) is 0.565. The van der Waals surface area contributed by atoms with Crippen molar-refractivity contribution in [3.05, 3.63) is 47.5 Å². The molecular weight excluding hydrogens is 438 g/mol. The molecule has 32 heavy (non-hydrogen) atoms. The van der Waals surface area contributed by atoms with E-state index in [0.717, 1.165) is 11.6 Å². The number of halogens is 3. The molecule has 2 amide bonds. The molecule has 3 aliphatic rings. The number of hydrogen-bond donors (Lipinski definition) is 0. The van der Waals surface area contributed by atoms with Crippen LogP contribution in [0.25, 0.3) is 0 Å². The molecule has 0 radical (unpaired) electrons. The number of ether oxygens (including phenoxy) is 1. The Morgan fingerprint density at radius 1 is 1.19 bits per heavy atom. The zero-order chi connectivity index (χ0) is 23.1. The van der Waals surface area contributed by atoms with Crippen LogP contribution in [0.5, 0.6) is 0 Å². The van der Waals surface area contributed by atoms with E-state index in [0.29, 0.717) is 31.1 Å². The highest BCUT2D eigenvalue weighted by atomic mass is 35.5. The Balaban J connectivity index is 1.57. The van der Waals surface area contributed by atoms with Crippen LogP contribution in [0.15, 0.2) is 36.9 Å². The highest BCUT2D eigenvalue weighted by Crippen LogP contribution is 2.52. The summed E-state index contributed by atoms with van der Waals surface area (Å²) in [6.07, 6.45) is 2.73. The Hall–Kier alpha value is -1.99. The number of carbonyl (C=O) groups is 2. The Kier molecular flexibility index (Phi) is 6.34. The van der Waals surface area contributed by atoms with E-state index < -0.39 is 23.8 Å². The molecule has 0 unspecified atom stereocenters. The number of hydrogen-bond acceptors (Lipinski definition) is 3. The quantitative estimate of drug-likeness (QED) is 0.627. The van der Waals surface area contributed by atoms with Gasteiger partial charge >= 0.3 is 0 Å². The van der Waals surface area contributed by atoms with E-state index in [1.54, 1.807) is 12.1 Å². The molecule has 1 spiro atoms. The second kappa shape index (κ2) is 8.75. The van der Waals surface area contributed by atoms with E-state index in [-0.39, 0.29) is 43.3 Å². The third-order valence-corrected chi connectivity index (χ3v) is 7.60. The van der Waals surface area contributed by atoms with Crippen LogP contribution >= 0.6 is 11.6 Å². The number of carbonyl (C=O) groups excluding carboxylic acids is 2. The van der Waals surface area contributed by atoms with Gasteiger partial charge in [-0.2, -0.15) is 0 Å². The molecule has 8 heteroatoms. The summed E-state index contributed by atoms with van der Waals surface area (Å²) >= 11 is 6.04. The molecule has 1 aromatic rings. The Bertz CT molecular complexity index is 880. The van der Waals surface area contributed by atoms with E-state index in [1.807, 2.05) is 19.1 Å². The maximum absolute atomic E-state index is 15.4. The molecule has 1 aromatic carbocycles. The molecule has 3 heterocycles. The van der Waals surface area contributed by atoms with E-state index in [4.69, 9.17) is 16.3 Å². The van der Waals surface area contributed by atoms with Gasteiger partial charge in [-0.05, 0) is 55.9 Å². The standard InChI is InChI=1S/C24H29ClF2N2O3/c1-3-20(30)28-13-23(14-28)12-16(2)29(15-24(23,26)27)22(31)21(18-8-10-32-11-9-18)17-4-6-19(25)7-5-17/h3-7,16,18,21H,1,8-15H2,2H3/t16-,21-/m1/s1. The maximum atomic E-state index is 15.4. The molecule has 0 aromatic heterocycles. The predicted molar refractivity (Wildman–Crippen MR) is 118 cm³/mol. The highest BCUT2D eigenvalue weighted by Gasteiger charge is 2.65. The monoisotopic (exact) mass is 466 g/mol. The topological polar surface area (TPSA) is 49.9 Å². The van der Waals surface area contributed by atoms with Crippen molar-refractivity contribution < 1.29 is 23.1 Å². The molecular formula is C24H29ClF2N2O3. The molecule has 2 atom stereocenters. The molecule has 0 saturated carbocycles. The number of rotatable bonds is 4. The van der Waals surface area contributed by atoms with Crippen LogP contribution in [-0.4, -0.2) is 66.4 Å². The first-order chi connectivity index (χ1) is 15.2. The van der Waals surface area contributed by atoms with Gasteiger partial charge in [0.15, 0.2) is 0 Å². The number of alkyl halides is 2. The van der Waals surface area contributed by atoms with Crippen molar-refractivity contribution >= 4 is 23.4 Å². The SMILES string of the molecule is C=CC(=O)N1CC2(C[C@@H](C)N(C(=O)[C@H](c3ccc(Cl)cc3)C3CCOCC3)CC2(F)F)C1. The van der Waals surface area contributed by atoms with Crippen molar-refractivity contribution in [1.82, 2.24) is 9.80 Å². The summed E-state index contributed by atoms with van der Waals surface area (Å²) in [6.45, 7) is 5.75. The molecule has 0 N–H and O–H groups in total. The Morgan fingerprint density at radius 3 is 2.41 bits per heavy atom. The largest absolute Gasteiger partial charge is 0.381 e. The van der Waals surface area contributed by atoms with E-state index >= 15 is 8.78 Å². The van der Waals surface area contributed by atoms with Gasteiger partial charge in [0, 0.05) is 37.4 Å². The summed E-state index contributed by atoms with van der Waals surface area (Å²) in [5.41, 5.74) is -0.482. The first kappa shape index (κ1) is 23.2. The number of amides is 2. The lowest BCUT2D eigenvalue weighted by Crippen LogP contribution is -2.73. The fourth-order valence-corrected chi connectivity index (χ4v) is 5.63. The second-order valence-corrected chi connectivity index (χ2v) is 9.82. The van der Waals surface area contributed by atoms with Crippen molar-refractivity contribution in [2.75, 3.05) is 32.8 Å². The van der Waals surface area contributed by atoms with Gasteiger partial charge in [0.2, 0.25) is 11.8 Å². The van der Waals surface area contributed by atoms with Crippen molar-refractivity contribution in [3.63, 3.8) is 0 Å². The molecule has 3 aliphatic heterocycles. The van der Waals surface area contributed by atoms with Crippen LogP contribution in [0.2, 0.25) is 5.02 Å². The maximum Gasteiger partial charge on any atom is 0.274 e. The first-order valence-electron chi connectivity index (χ1n) is 11.1. The molecule has 174 valence electrons. The number of benzene rings is 1. The van der Waals surface area contributed by atoms with Gasteiger partial charge < -0.3 is 14.5 Å². The fraction of sp³-hybridized carbons (Fsp3) is 0.583. The summed E-state index contributed by atoms with van der Waals surface area (Å²) in [5.74, 6) is -4.16. The van der Waals surface area contributed by atoms with Crippen molar-refractivity contribution in [2.24, 2.45) is 11.3 Å². The van der Waals surface area contributed by atoms with Crippen molar-refractivity contribution in [1.29, 1.82) is 0 Å². The highest BCUT2D eigenvalue weighted by molar-refractivity contribution is 6.30. The smallest absolute Gasteiger partial charge is 0.274 e. The van der Waals surface area contributed by atoms with Gasteiger partial charge in [-0.1, -0.05) is 30.3 Å². The van der Waals surface area contributed by atoms with E-state index in [1.165, 1.54) is 9.80 Å². The van der Waals surface area contributed by atoms with Gasteiger partial charge in [-0.25, -0.2) is 8.78 Å². The third kappa shape index (κ3) is 4.05. The van der Waals surface area contributed by atoms with Gasteiger partial charge in [-0.15, -0.1) is 0 Å². The molecule has 4 rings (SSSR count).